The van der Waals surface area contributed by atoms with Gasteiger partial charge in [-0.2, -0.15) is 0 Å². The van der Waals surface area contributed by atoms with E-state index in [2.05, 4.69) is 10.6 Å². The molecule has 5 N–H and O–H groups in total. The Labute approximate surface area is 200 Å². The number of aliphatic hydroxyl groups is 1. The van der Waals surface area contributed by atoms with E-state index in [1.54, 1.807) is 40.8 Å². The van der Waals surface area contributed by atoms with Crippen molar-refractivity contribution in [1.29, 1.82) is 0 Å². The van der Waals surface area contributed by atoms with Gasteiger partial charge in [0.15, 0.2) is 0 Å². The van der Waals surface area contributed by atoms with Gasteiger partial charge in [0.1, 0.15) is 5.60 Å². The molecular formula is C25H33N5O4. The number of anilines is 3. The number of aliphatic imine (C=N–C) groups is 1. The minimum atomic E-state index is -0.895. The van der Waals surface area contributed by atoms with Gasteiger partial charge in [0.05, 0.1) is 29.4 Å². The van der Waals surface area contributed by atoms with E-state index in [1.165, 1.54) is 4.90 Å². The number of nitrogens with two attached hydrogens (primary N) is 1. The molecule has 0 bridgehead atoms. The van der Waals surface area contributed by atoms with Crippen molar-refractivity contribution in [1.82, 2.24) is 10.2 Å². The Balaban J connectivity index is 1.88. The molecule has 0 aromatic heterocycles. The number of ether oxygens (including phenoxy) is 1. The number of hydrogen-bond acceptors (Lipinski definition) is 7. The maximum absolute atomic E-state index is 12.8. The van der Waals surface area contributed by atoms with Gasteiger partial charge < -0.3 is 20.9 Å². The lowest BCUT2D eigenvalue weighted by Crippen LogP contribution is -2.52. The topological polar surface area (TPSA) is 129 Å². The number of nitrogens with one attached hydrogen (secondary N) is 2. The monoisotopic (exact) mass is 467 g/mol. The van der Waals surface area contributed by atoms with E-state index in [-0.39, 0.29) is 18.3 Å². The Bertz CT molecular complexity index is 1120. The number of amides is 2. The van der Waals surface area contributed by atoms with Gasteiger partial charge in [-0.3, -0.25) is 15.0 Å². The van der Waals surface area contributed by atoms with Gasteiger partial charge in [-0.05, 0) is 70.0 Å². The molecule has 2 amide bonds. The molecule has 0 saturated heterocycles. The summed E-state index contributed by atoms with van der Waals surface area (Å²) >= 11 is 0. The molecule has 3 rings (SSSR count). The van der Waals surface area contributed by atoms with Crippen LogP contribution in [0.4, 0.5) is 21.9 Å². The third kappa shape index (κ3) is 5.85. The summed E-state index contributed by atoms with van der Waals surface area (Å²) in [4.78, 5) is 31.1. The number of guanidine groups is 1. The zero-order valence-electron chi connectivity index (χ0n) is 20.5. The minimum absolute atomic E-state index is 0.129. The Morgan fingerprint density at radius 1 is 1.26 bits per heavy atom. The van der Waals surface area contributed by atoms with Crippen molar-refractivity contribution >= 4 is 35.0 Å². The fourth-order valence-corrected chi connectivity index (χ4v) is 3.60. The van der Waals surface area contributed by atoms with Crippen LogP contribution in [0.3, 0.4) is 0 Å². The van der Waals surface area contributed by atoms with Crippen LogP contribution in [0.2, 0.25) is 0 Å². The Kier molecular flexibility index (Phi) is 6.88. The number of carbonyl (C=O) groups excluding carboxylic acids is 2. The second-order valence-corrected chi connectivity index (χ2v) is 9.69. The third-order valence-electron chi connectivity index (χ3n) is 5.47. The van der Waals surface area contributed by atoms with Crippen LogP contribution >= 0.6 is 0 Å². The number of alkyl carbamates (subject to hydrolysis) is 1. The predicted molar refractivity (Wildman–Crippen MR) is 133 cm³/mol. The zero-order chi connectivity index (χ0) is 25.3. The van der Waals surface area contributed by atoms with Crippen molar-refractivity contribution in [3.8, 4) is 0 Å². The average molecular weight is 468 g/mol. The quantitative estimate of drug-likeness (QED) is 0.503. The summed E-state index contributed by atoms with van der Waals surface area (Å²) in [5, 5.41) is 15.6. The molecule has 1 aliphatic heterocycles. The Morgan fingerprint density at radius 3 is 2.59 bits per heavy atom. The lowest BCUT2D eigenvalue weighted by Gasteiger charge is -2.35. The van der Waals surface area contributed by atoms with Gasteiger partial charge in [-0.25, -0.2) is 9.79 Å². The van der Waals surface area contributed by atoms with Crippen LogP contribution in [-0.4, -0.2) is 40.6 Å². The molecular weight excluding hydrogens is 434 g/mol. The molecule has 0 spiro atoms. The average Bonchev–Trinajstić information content (AvgIpc) is 2.72. The summed E-state index contributed by atoms with van der Waals surface area (Å²) in [6, 6.07) is 12.9. The molecule has 9 nitrogen and oxygen atoms in total. The van der Waals surface area contributed by atoms with Crippen molar-refractivity contribution in [2.45, 2.75) is 58.3 Å². The van der Waals surface area contributed by atoms with Gasteiger partial charge in [0.25, 0.3) is 0 Å². The predicted octanol–water partition coefficient (Wildman–Crippen LogP) is 4.02. The molecule has 182 valence electrons. The molecule has 1 aliphatic rings. The van der Waals surface area contributed by atoms with Crippen molar-refractivity contribution in [3.05, 3.63) is 53.6 Å². The van der Waals surface area contributed by atoms with E-state index in [9.17, 15) is 14.7 Å². The standard InChI is InChI=1S/C25H33N5O4/c1-15(31)16-10-11-20(19(26)12-16)27-18-9-7-8-17(13-18)25(5)14-21(32)30(6)22(29-25)28-23(33)34-24(2,3)4/h7-13,15,27,31H,14,26H2,1-6H3,(H,28,29,33)/t15?,25-/m0/s1. The SMILES string of the molecule is CC(O)c1ccc(Nc2cccc([C@]3(C)CC(=O)N(C)C(NC(=O)OC(C)(C)C)=N3)c2)c(N)c1. The summed E-state index contributed by atoms with van der Waals surface area (Å²) in [6.07, 6.45) is -1.15. The Hall–Kier alpha value is -3.59. The highest BCUT2D eigenvalue weighted by molar-refractivity contribution is 6.05. The molecule has 0 saturated carbocycles. The van der Waals surface area contributed by atoms with E-state index in [1.807, 2.05) is 43.3 Å². The summed E-state index contributed by atoms with van der Waals surface area (Å²) < 4.78 is 5.31. The summed E-state index contributed by atoms with van der Waals surface area (Å²) in [7, 11) is 1.57. The van der Waals surface area contributed by atoms with Gasteiger partial charge in [0.2, 0.25) is 11.9 Å². The molecule has 1 unspecified atom stereocenters. The second-order valence-electron chi connectivity index (χ2n) is 9.69. The van der Waals surface area contributed by atoms with Gasteiger partial charge in [-0.15, -0.1) is 0 Å². The largest absolute Gasteiger partial charge is 0.444 e. The van der Waals surface area contributed by atoms with Crippen LogP contribution in [0.25, 0.3) is 0 Å². The molecule has 34 heavy (non-hydrogen) atoms. The lowest BCUT2D eigenvalue weighted by molar-refractivity contribution is -0.128. The molecule has 1 heterocycles. The van der Waals surface area contributed by atoms with Crippen molar-refractivity contribution < 1.29 is 19.4 Å². The maximum Gasteiger partial charge on any atom is 0.414 e. The number of benzene rings is 2. The van der Waals surface area contributed by atoms with E-state index in [0.717, 1.165) is 16.8 Å². The third-order valence-corrected chi connectivity index (χ3v) is 5.47. The molecule has 0 radical (unpaired) electrons. The zero-order valence-corrected chi connectivity index (χ0v) is 20.5. The van der Waals surface area contributed by atoms with Crippen molar-refractivity contribution in [3.63, 3.8) is 0 Å². The van der Waals surface area contributed by atoms with Gasteiger partial charge in [0, 0.05) is 12.7 Å². The van der Waals surface area contributed by atoms with E-state index in [4.69, 9.17) is 15.5 Å². The fourth-order valence-electron chi connectivity index (χ4n) is 3.60. The molecule has 2 atom stereocenters. The number of nitrogen functional groups attached to an aromatic ring is 1. The first kappa shape index (κ1) is 25.0. The van der Waals surface area contributed by atoms with Crippen LogP contribution in [-0.2, 0) is 15.1 Å². The first-order valence-electron chi connectivity index (χ1n) is 11.1. The fraction of sp³-hybridized carbons (Fsp3) is 0.400. The highest BCUT2D eigenvalue weighted by Gasteiger charge is 2.38. The normalized spacial score (nSPS) is 19.3. The number of hydrogen-bond donors (Lipinski definition) is 4. The van der Waals surface area contributed by atoms with Crippen molar-refractivity contribution in [2.75, 3.05) is 18.1 Å². The summed E-state index contributed by atoms with van der Waals surface area (Å²) in [5.74, 6) is -0.0517. The Morgan fingerprint density at radius 2 is 1.97 bits per heavy atom. The van der Waals surface area contributed by atoms with Crippen LogP contribution in [0.15, 0.2) is 47.5 Å². The lowest BCUT2D eigenvalue weighted by atomic mass is 9.87. The highest BCUT2D eigenvalue weighted by Crippen LogP contribution is 2.35. The summed E-state index contributed by atoms with van der Waals surface area (Å²) in [5.41, 5.74) is 8.07. The number of nitrogens with zero attached hydrogens (tertiary/aromatic N) is 2. The first-order chi connectivity index (χ1) is 15.8. The van der Waals surface area contributed by atoms with Crippen LogP contribution in [0, 0.1) is 0 Å². The highest BCUT2D eigenvalue weighted by atomic mass is 16.6. The molecule has 9 heteroatoms. The summed E-state index contributed by atoms with van der Waals surface area (Å²) in [6.45, 7) is 8.81. The van der Waals surface area contributed by atoms with Gasteiger partial charge in [-0.1, -0.05) is 18.2 Å². The smallest absolute Gasteiger partial charge is 0.414 e. The maximum atomic E-state index is 12.8. The van der Waals surface area contributed by atoms with E-state index in [0.29, 0.717) is 11.4 Å². The number of aliphatic hydroxyl groups excluding tert-OH is 1. The van der Waals surface area contributed by atoms with E-state index < -0.39 is 23.3 Å². The second kappa shape index (κ2) is 9.34. The van der Waals surface area contributed by atoms with Crippen LogP contribution in [0.5, 0.6) is 0 Å². The van der Waals surface area contributed by atoms with Crippen LogP contribution in [0.1, 0.15) is 58.3 Å². The van der Waals surface area contributed by atoms with Gasteiger partial charge >= 0.3 is 6.09 Å². The molecule has 2 aromatic carbocycles. The minimum Gasteiger partial charge on any atom is -0.444 e. The number of carbonyl (C=O) groups is 2. The van der Waals surface area contributed by atoms with Crippen LogP contribution < -0.4 is 16.4 Å². The van der Waals surface area contributed by atoms with E-state index >= 15 is 0 Å². The van der Waals surface area contributed by atoms with Crippen molar-refractivity contribution in [2.24, 2.45) is 4.99 Å². The molecule has 2 aromatic rings. The molecule has 0 aliphatic carbocycles. The number of rotatable bonds is 4. The first-order valence-corrected chi connectivity index (χ1v) is 11.1. The molecule has 0 fully saturated rings.